The van der Waals surface area contributed by atoms with Gasteiger partial charge in [-0.25, -0.2) is 4.79 Å². The van der Waals surface area contributed by atoms with Crippen LogP contribution in [0.1, 0.15) is 92.9 Å². The van der Waals surface area contributed by atoms with Gasteiger partial charge < -0.3 is 20.7 Å². The lowest BCUT2D eigenvalue weighted by Gasteiger charge is -2.37. The van der Waals surface area contributed by atoms with E-state index in [4.69, 9.17) is 10.5 Å². The van der Waals surface area contributed by atoms with Crippen LogP contribution >= 0.6 is 0 Å². The van der Waals surface area contributed by atoms with Crippen molar-refractivity contribution < 1.29 is 19.1 Å². The van der Waals surface area contributed by atoms with E-state index in [2.05, 4.69) is 5.32 Å². The number of hydrogen-bond acceptors (Lipinski definition) is 5. The van der Waals surface area contributed by atoms with Crippen LogP contribution in [-0.2, 0) is 19.1 Å². The fraction of sp³-hybridized carbons (Fsp3) is 0.885. The van der Waals surface area contributed by atoms with E-state index in [-0.39, 0.29) is 29.6 Å². The molecule has 0 radical (unpaired) electrons. The summed E-state index contributed by atoms with van der Waals surface area (Å²) in [5.74, 6) is -0.185. The highest BCUT2D eigenvalue weighted by atomic mass is 16.6. The Morgan fingerprint density at radius 3 is 2.15 bits per heavy atom. The van der Waals surface area contributed by atoms with Crippen LogP contribution < -0.4 is 11.1 Å². The van der Waals surface area contributed by atoms with Crippen LogP contribution in [0, 0.1) is 23.2 Å². The summed E-state index contributed by atoms with van der Waals surface area (Å²) in [5.41, 5.74) is 5.21. The molecule has 0 aromatic carbocycles. The van der Waals surface area contributed by atoms with Crippen LogP contribution in [0.3, 0.4) is 0 Å². The van der Waals surface area contributed by atoms with Crippen molar-refractivity contribution in [1.29, 1.82) is 0 Å². The minimum Gasteiger partial charge on any atom is -0.458 e. The molecule has 1 heterocycles. The summed E-state index contributed by atoms with van der Waals surface area (Å²) in [5, 5.41) is 3.00. The Morgan fingerprint density at radius 1 is 0.939 bits per heavy atom. The van der Waals surface area contributed by atoms with Crippen LogP contribution in [0.4, 0.5) is 0 Å². The highest BCUT2D eigenvalue weighted by Gasteiger charge is 2.53. The first-order valence-electron chi connectivity index (χ1n) is 12.9. The molecule has 0 spiro atoms. The average molecular weight is 464 g/mol. The number of nitrogens with one attached hydrogen (secondary N) is 1. The summed E-state index contributed by atoms with van der Waals surface area (Å²) in [7, 11) is 0. The van der Waals surface area contributed by atoms with Crippen LogP contribution in [-0.4, -0.2) is 53.0 Å². The van der Waals surface area contributed by atoms with Crippen LogP contribution in [0.2, 0.25) is 0 Å². The van der Waals surface area contributed by atoms with Crippen molar-refractivity contribution in [2.75, 3.05) is 6.54 Å². The molecule has 3 fully saturated rings. The second-order valence-electron chi connectivity index (χ2n) is 12.6. The Balaban J connectivity index is 1.79. The Labute approximate surface area is 199 Å². The molecule has 33 heavy (non-hydrogen) atoms. The van der Waals surface area contributed by atoms with Gasteiger partial charge in [0, 0.05) is 6.54 Å². The highest BCUT2D eigenvalue weighted by Crippen LogP contribution is 2.43. The zero-order chi connectivity index (χ0) is 24.6. The van der Waals surface area contributed by atoms with E-state index in [1.165, 1.54) is 6.42 Å². The van der Waals surface area contributed by atoms with Gasteiger partial charge in [-0.15, -0.1) is 0 Å². The molecular weight excluding hydrogens is 418 g/mol. The predicted molar refractivity (Wildman–Crippen MR) is 128 cm³/mol. The number of carbonyl (C=O) groups excluding carboxylic acids is 3. The second kappa shape index (κ2) is 9.93. The summed E-state index contributed by atoms with van der Waals surface area (Å²) in [6.07, 6.45) is 8.33. The highest BCUT2D eigenvalue weighted by molar-refractivity contribution is 5.93. The van der Waals surface area contributed by atoms with Gasteiger partial charge in [0.1, 0.15) is 17.7 Å². The summed E-state index contributed by atoms with van der Waals surface area (Å²) in [4.78, 5) is 41.9. The molecule has 0 aromatic rings. The topological polar surface area (TPSA) is 102 Å². The summed E-state index contributed by atoms with van der Waals surface area (Å²) < 4.78 is 5.73. The first-order chi connectivity index (χ1) is 15.3. The lowest BCUT2D eigenvalue weighted by molar-refractivity contribution is -0.165. The maximum absolute atomic E-state index is 13.9. The Hall–Kier alpha value is -1.63. The summed E-state index contributed by atoms with van der Waals surface area (Å²) in [6, 6.07) is -1.94. The standard InChI is InChI=1S/C26H45N3O4/c1-25(2,3)21(28-22(30)19(27)16-11-8-7-9-12-16)23(31)29-15-17-13-10-14-18(17)20(29)24(32)33-26(4,5)6/h16-21H,7-15,27H2,1-6H3,(H,28,30)/t17-,18-,19+,20+,21+/m1/s1. The van der Waals surface area contributed by atoms with Crippen LogP contribution in [0.15, 0.2) is 0 Å². The van der Waals surface area contributed by atoms with Gasteiger partial charge in [0.15, 0.2) is 0 Å². The molecule has 7 heteroatoms. The van der Waals surface area contributed by atoms with Gasteiger partial charge in [-0.05, 0) is 69.6 Å². The number of carbonyl (C=O) groups is 3. The van der Waals surface area contributed by atoms with Gasteiger partial charge in [0.25, 0.3) is 0 Å². The Morgan fingerprint density at radius 2 is 1.58 bits per heavy atom. The molecule has 3 N–H and O–H groups in total. The third kappa shape index (κ3) is 6.09. The maximum Gasteiger partial charge on any atom is 0.329 e. The van der Waals surface area contributed by atoms with Crippen LogP contribution in [0.25, 0.3) is 0 Å². The molecule has 188 valence electrons. The zero-order valence-electron chi connectivity index (χ0n) is 21.5. The zero-order valence-corrected chi connectivity index (χ0v) is 21.5. The smallest absolute Gasteiger partial charge is 0.329 e. The SMILES string of the molecule is CC(C)(C)OC(=O)[C@@H]1[C@@H]2CCC[C@@H]2CN1C(=O)[C@H](NC(=O)[C@@H](N)C1CCCCC1)C(C)(C)C. The maximum atomic E-state index is 13.9. The van der Waals surface area contributed by atoms with Crippen molar-refractivity contribution in [3.63, 3.8) is 0 Å². The largest absolute Gasteiger partial charge is 0.458 e. The number of amides is 2. The molecule has 3 rings (SSSR count). The number of esters is 1. The minimum atomic E-state index is -0.747. The molecule has 3 aliphatic rings. The Bertz CT molecular complexity index is 733. The number of fused-ring (bicyclic) bond motifs is 1. The van der Waals surface area contributed by atoms with E-state index in [1.807, 2.05) is 41.5 Å². The number of likely N-dealkylation sites (tertiary alicyclic amines) is 1. The molecule has 0 bridgehead atoms. The summed E-state index contributed by atoms with van der Waals surface area (Å²) >= 11 is 0. The van der Waals surface area contributed by atoms with E-state index in [0.717, 1.165) is 44.9 Å². The van der Waals surface area contributed by atoms with E-state index in [0.29, 0.717) is 12.5 Å². The molecule has 2 saturated carbocycles. The summed E-state index contributed by atoms with van der Waals surface area (Å²) in [6.45, 7) is 11.9. The van der Waals surface area contributed by atoms with Gasteiger partial charge in [-0.3, -0.25) is 9.59 Å². The second-order valence-corrected chi connectivity index (χ2v) is 12.6. The number of nitrogens with zero attached hydrogens (tertiary/aromatic N) is 1. The lowest BCUT2D eigenvalue weighted by Crippen LogP contribution is -2.60. The van der Waals surface area contributed by atoms with Gasteiger partial charge >= 0.3 is 5.97 Å². The van der Waals surface area contributed by atoms with Gasteiger partial charge in [0.05, 0.1) is 6.04 Å². The fourth-order valence-electron chi connectivity index (χ4n) is 5.96. The number of ether oxygens (including phenoxy) is 1. The number of nitrogens with two attached hydrogens (primary N) is 1. The first kappa shape index (κ1) is 26.0. The predicted octanol–water partition coefficient (Wildman–Crippen LogP) is 3.39. The lowest BCUT2D eigenvalue weighted by atomic mass is 9.82. The van der Waals surface area contributed by atoms with Crippen molar-refractivity contribution in [1.82, 2.24) is 10.2 Å². The van der Waals surface area contributed by atoms with Crippen molar-refractivity contribution in [2.45, 2.75) is 117 Å². The molecule has 2 aliphatic carbocycles. The van der Waals surface area contributed by atoms with E-state index >= 15 is 0 Å². The van der Waals surface area contributed by atoms with Crippen molar-refractivity contribution in [2.24, 2.45) is 28.9 Å². The molecule has 5 atom stereocenters. The first-order valence-corrected chi connectivity index (χ1v) is 12.9. The third-order valence-corrected chi connectivity index (χ3v) is 7.68. The number of rotatable bonds is 5. The van der Waals surface area contributed by atoms with Gasteiger partial charge in [0.2, 0.25) is 11.8 Å². The molecule has 1 saturated heterocycles. The van der Waals surface area contributed by atoms with Gasteiger partial charge in [-0.2, -0.15) is 0 Å². The Kier molecular flexibility index (Phi) is 7.82. The van der Waals surface area contributed by atoms with Crippen molar-refractivity contribution in [3.8, 4) is 0 Å². The molecule has 1 aliphatic heterocycles. The molecule has 0 aromatic heterocycles. The van der Waals surface area contributed by atoms with E-state index < -0.39 is 29.1 Å². The molecule has 0 unspecified atom stereocenters. The molecular formula is C26H45N3O4. The average Bonchev–Trinajstić information content (AvgIpc) is 3.30. The molecule has 2 amide bonds. The van der Waals surface area contributed by atoms with Crippen LogP contribution in [0.5, 0.6) is 0 Å². The fourth-order valence-corrected chi connectivity index (χ4v) is 5.96. The third-order valence-electron chi connectivity index (χ3n) is 7.68. The quantitative estimate of drug-likeness (QED) is 0.609. The minimum absolute atomic E-state index is 0.129. The normalized spacial score (nSPS) is 28.2. The number of hydrogen-bond donors (Lipinski definition) is 2. The monoisotopic (exact) mass is 463 g/mol. The van der Waals surface area contributed by atoms with Crippen molar-refractivity contribution in [3.05, 3.63) is 0 Å². The molecule has 7 nitrogen and oxygen atoms in total. The van der Waals surface area contributed by atoms with E-state index in [9.17, 15) is 14.4 Å². The van der Waals surface area contributed by atoms with Gasteiger partial charge in [-0.1, -0.05) is 46.5 Å². The van der Waals surface area contributed by atoms with E-state index in [1.54, 1.807) is 4.90 Å². The van der Waals surface area contributed by atoms with Crippen molar-refractivity contribution >= 4 is 17.8 Å².